The Bertz CT molecular complexity index is 652. The van der Waals surface area contributed by atoms with Crippen molar-refractivity contribution in [3.05, 3.63) is 28.7 Å². The normalized spacial score (nSPS) is 14.4. The van der Waals surface area contributed by atoms with Gasteiger partial charge in [0.2, 0.25) is 5.91 Å². The van der Waals surface area contributed by atoms with E-state index in [1.165, 1.54) is 4.90 Å². The second kappa shape index (κ2) is 8.58. The molecule has 2 rings (SSSR count). The summed E-state index contributed by atoms with van der Waals surface area (Å²) in [6, 6.07) is 7.18. The maximum atomic E-state index is 11.9. The number of likely N-dealkylation sites (tertiary alicyclic amines) is 1. The minimum atomic E-state index is -0.774. The predicted molar refractivity (Wildman–Crippen MR) is 94.5 cm³/mol. The number of carbonyl (C=O) groups is 3. The lowest BCUT2D eigenvalue weighted by atomic mass is 10.2. The van der Waals surface area contributed by atoms with Gasteiger partial charge in [-0.25, -0.2) is 5.43 Å². The van der Waals surface area contributed by atoms with Gasteiger partial charge in [-0.1, -0.05) is 15.9 Å². The van der Waals surface area contributed by atoms with Crippen molar-refractivity contribution in [3.63, 3.8) is 0 Å². The van der Waals surface area contributed by atoms with E-state index in [-0.39, 0.29) is 12.3 Å². The highest BCUT2D eigenvalue weighted by atomic mass is 79.9. The molecule has 3 amide bonds. The van der Waals surface area contributed by atoms with Crippen LogP contribution in [0.3, 0.4) is 0 Å². The predicted octanol–water partition coefficient (Wildman–Crippen LogP) is 1.89. The van der Waals surface area contributed by atoms with Crippen LogP contribution < -0.4 is 10.7 Å². The van der Waals surface area contributed by atoms with Gasteiger partial charge in [0.25, 0.3) is 0 Å². The van der Waals surface area contributed by atoms with E-state index in [1.807, 2.05) is 12.1 Å². The van der Waals surface area contributed by atoms with Gasteiger partial charge in [0.15, 0.2) is 0 Å². The van der Waals surface area contributed by atoms with Crippen LogP contribution in [0, 0.1) is 0 Å². The van der Waals surface area contributed by atoms with Gasteiger partial charge in [0.05, 0.1) is 6.42 Å². The minimum Gasteiger partial charge on any atom is -0.334 e. The van der Waals surface area contributed by atoms with E-state index in [2.05, 4.69) is 31.8 Å². The molecule has 0 saturated carbocycles. The largest absolute Gasteiger partial charge is 0.334 e. The van der Waals surface area contributed by atoms with E-state index >= 15 is 0 Å². The zero-order chi connectivity index (χ0) is 17.5. The molecular formula is C16H19BrN4O3. The van der Waals surface area contributed by atoms with Crippen molar-refractivity contribution >= 4 is 45.1 Å². The van der Waals surface area contributed by atoms with Gasteiger partial charge in [-0.3, -0.25) is 14.4 Å². The van der Waals surface area contributed by atoms with E-state index in [9.17, 15) is 14.4 Å². The molecule has 7 nitrogen and oxygen atoms in total. The van der Waals surface area contributed by atoms with Gasteiger partial charge in [0, 0.05) is 29.0 Å². The Kier molecular flexibility index (Phi) is 6.48. The number of hydrogen-bond donors (Lipinski definition) is 2. The maximum absolute atomic E-state index is 11.9. The molecule has 0 spiro atoms. The van der Waals surface area contributed by atoms with Crippen molar-refractivity contribution in [2.75, 3.05) is 18.4 Å². The molecule has 1 saturated heterocycles. The third-order valence-corrected chi connectivity index (χ3v) is 4.01. The average molecular weight is 395 g/mol. The van der Waals surface area contributed by atoms with Gasteiger partial charge in [0.1, 0.15) is 0 Å². The first-order chi connectivity index (χ1) is 11.5. The topological polar surface area (TPSA) is 90.9 Å². The zero-order valence-corrected chi connectivity index (χ0v) is 14.9. The number of halogens is 1. The van der Waals surface area contributed by atoms with Crippen LogP contribution >= 0.6 is 15.9 Å². The Morgan fingerprint density at radius 1 is 1.17 bits per heavy atom. The lowest BCUT2D eigenvalue weighted by molar-refractivity contribution is -0.145. The van der Waals surface area contributed by atoms with Crippen LogP contribution in [0.2, 0.25) is 0 Å². The maximum Gasteiger partial charge on any atom is 0.329 e. The van der Waals surface area contributed by atoms with Crippen molar-refractivity contribution in [1.82, 2.24) is 10.3 Å². The molecule has 0 atom stereocenters. The van der Waals surface area contributed by atoms with Gasteiger partial charge in [-0.15, -0.1) is 0 Å². The highest BCUT2D eigenvalue weighted by Gasteiger charge is 2.24. The number of hydrazone groups is 1. The number of anilines is 1. The highest BCUT2D eigenvalue weighted by Crippen LogP contribution is 2.14. The summed E-state index contributed by atoms with van der Waals surface area (Å²) in [5.41, 5.74) is 3.29. The SMILES string of the molecule is C/C(CC(=O)Nc1ccc(Br)cc1)=N/NC(=O)C(=O)N1CCCC1. The zero-order valence-electron chi connectivity index (χ0n) is 13.3. The van der Waals surface area contributed by atoms with Crippen LogP contribution in [-0.2, 0) is 14.4 Å². The number of nitrogens with zero attached hydrogens (tertiary/aromatic N) is 2. The number of benzene rings is 1. The van der Waals surface area contributed by atoms with Crippen LogP contribution in [0.25, 0.3) is 0 Å². The van der Waals surface area contributed by atoms with Crippen LogP contribution in [0.1, 0.15) is 26.2 Å². The molecule has 1 aromatic carbocycles. The molecule has 1 heterocycles. The molecule has 24 heavy (non-hydrogen) atoms. The Morgan fingerprint density at radius 2 is 1.79 bits per heavy atom. The number of rotatable bonds is 4. The molecule has 1 aliphatic heterocycles. The smallest absolute Gasteiger partial charge is 0.329 e. The molecule has 8 heteroatoms. The van der Waals surface area contributed by atoms with E-state index in [0.717, 1.165) is 17.3 Å². The van der Waals surface area contributed by atoms with Crippen molar-refractivity contribution in [2.45, 2.75) is 26.2 Å². The van der Waals surface area contributed by atoms with Crippen molar-refractivity contribution in [1.29, 1.82) is 0 Å². The monoisotopic (exact) mass is 394 g/mol. The fourth-order valence-electron chi connectivity index (χ4n) is 2.27. The number of hydrogen-bond acceptors (Lipinski definition) is 4. The summed E-state index contributed by atoms with van der Waals surface area (Å²) in [6.45, 7) is 2.82. The number of amides is 3. The minimum absolute atomic E-state index is 0.0221. The summed E-state index contributed by atoms with van der Waals surface area (Å²) < 4.78 is 0.920. The second-order valence-electron chi connectivity index (χ2n) is 5.52. The number of nitrogens with one attached hydrogen (secondary N) is 2. The Morgan fingerprint density at radius 3 is 2.42 bits per heavy atom. The van der Waals surface area contributed by atoms with E-state index in [4.69, 9.17) is 0 Å². The molecule has 0 radical (unpaired) electrons. The molecule has 128 valence electrons. The summed E-state index contributed by atoms with van der Waals surface area (Å²) in [4.78, 5) is 36.9. The van der Waals surface area contributed by atoms with Crippen molar-refractivity contribution in [2.24, 2.45) is 5.10 Å². The molecule has 0 bridgehead atoms. The van der Waals surface area contributed by atoms with Gasteiger partial charge >= 0.3 is 11.8 Å². The Labute approximate surface area is 148 Å². The molecule has 0 aliphatic carbocycles. The third-order valence-electron chi connectivity index (χ3n) is 3.48. The quantitative estimate of drug-likeness (QED) is 0.464. The van der Waals surface area contributed by atoms with Crippen LogP contribution in [0.15, 0.2) is 33.8 Å². The first-order valence-electron chi connectivity index (χ1n) is 7.63. The molecular weight excluding hydrogens is 376 g/mol. The fraction of sp³-hybridized carbons (Fsp3) is 0.375. The third kappa shape index (κ3) is 5.45. The van der Waals surface area contributed by atoms with Gasteiger partial charge in [-0.05, 0) is 44.0 Å². The Hall–Kier alpha value is -2.22. The summed E-state index contributed by atoms with van der Waals surface area (Å²) >= 11 is 3.32. The van der Waals surface area contributed by atoms with Gasteiger partial charge in [-0.2, -0.15) is 5.10 Å². The summed E-state index contributed by atoms with van der Waals surface area (Å²) in [5, 5.41) is 6.54. The van der Waals surface area contributed by atoms with Gasteiger partial charge < -0.3 is 10.2 Å². The summed E-state index contributed by atoms with van der Waals surface area (Å²) in [6.07, 6.45) is 1.85. The van der Waals surface area contributed by atoms with Crippen molar-refractivity contribution < 1.29 is 14.4 Å². The molecule has 2 N–H and O–H groups in total. The fourth-order valence-corrected chi connectivity index (χ4v) is 2.53. The average Bonchev–Trinajstić information content (AvgIpc) is 3.08. The molecule has 0 unspecified atom stereocenters. The summed E-state index contributed by atoms with van der Waals surface area (Å²) in [5.74, 6) is -1.60. The van der Waals surface area contributed by atoms with E-state index in [0.29, 0.717) is 24.5 Å². The first-order valence-corrected chi connectivity index (χ1v) is 8.43. The molecule has 1 aromatic rings. The van der Waals surface area contributed by atoms with E-state index < -0.39 is 11.8 Å². The van der Waals surface area contributed by atoms with Crippen LogP contribution in [0.5, 0.6) is 0 Å². The number of carbonyl (C=O) groups excluding carboxylic acids is 3. The standard InChI is InChI=1S/C16H19BrN4O3/c1-11(10-14(22)18-13-6-4-12(17)5-7-13)19-20-15(23)16(24)21-8-2-3-9-21/h4-7H,2-3,8-10H2,1H3,(H,18,22)(H,20,23)/b19-11-. The highest BCUT2D eigenvalue weighted by molar-refractivity contribution is 9.10. The molecule has 1 fully saturated rings. The van der Waals surface area contributed by atoms with Crippen molar-refractivity contribution in [3.8, 4) is 0 Å². The summed E-state index contributed by atoms with van der Waals surface area (Å²) in [7, 11) is 0. The molecule has 1 aliphatic rings. The van der Waals surface area contributed by atoms with E-state index in [1.54, 1.807) is 19.1 Å². The lowest BCUT2D eigenvalue weighted by Gasteiger charge is -2.13. The second-order valence-corrected chi connectivity index (χ2v) is 6.43. The van der Waals surface area contributed by atoms with Crippen LogP contribution in [-0.4, -0.2) is 41.4 Å². The first kappa shape index (κ1) is 18.1. The lowest BCUT2D eigenvalue weighted by Crippen LogP contribution is -2.40. The van der Waals surface area contributed by atoms with Crippen LogP contribution in [0.4, 0.5) is 5.69 Å². The molecule has 0 aromatic heterocycles. The Balaban J connectivity index is 1.80.